The first-order valence-corrected chi connectivity index (χ1v) is 10.0. The lowest BCUT2D eigenvalue weighted by Gasteiger charge is -2.21. The van der Waals surface area contributed by atoms with Crippen LogP contribution in [0.3, 0.4) is 0 Å². The summed E-state index contributed by atoms with van der Waals surface area (Å²) in [6.45, 7) is 1.56. The second-order valence-electron chi connectivity index (χ2n) is 8.00. The maximum Gasteiger partial charge on any atom is 0.390 e. The SMILES string of the molecule is C[C@@H](Oc1cc(-c2cnn(CCC(F)(F)F)c2)cc2nn(C)c(F)c12)[C@H]1CCC(=O)C1. The van der Waals surface area contributed by atoms with Gasteiger partial charge < -0.3 is 4.74 Å². The van der Waals surface area contributed by atoms with Gasteiger partial charge in [0, 0.05) is 44.1 Å². The fourth-order valence-corrected chi connectivity index (χ4v) is 3.93. The first-order valence-electron chi connectivity index (χ1n) is 10.0. The predicted molar refractivity (Wildman–Crippen MR) is 105 cm³/mol. The highest BCUT2D eigenvalue weighted by molar-refractivity contribution is 5.90. The molecule has 0 aliphatic heterocycles. The minimum Gasteiger partial charge on any atom is -0.490 e. The summed E-state index contributed by atoms with van der Waals surface area (Å²) in [5, 5.41) is 8.41. The quantitative estimate of drug-likeness (QED) is 0.525. The molecule has 1 fully saturated rings. The molecule has 1 aromatic carbocycles. The highest BCUT2D eigenvalue weighted by atomic mass is 19.4. The van der Waals surface area contributed by atoms with Gasteiger partial charge in [-0.05, 0) is 31.0 Å². The number of Topliss-reactive ketones (excluding diaryl/α,β-unsaturated/α-hetero) is 1. The lowest BCUT2D eigenvalue weighted by molar-refractivity contribution is -0.137. The number of carbonyl (C=O) groups excluding carboxylic acids is 1. The molecule has 3 aromatic rings. The van der Waals surface area contributed by atoms with Gasteiger partial charge >= 0.3 is 6.18 Å². The molecular weight excluding hydrogens is 416 g/mol. The third-order valence-electron chi connectivity index (χ3n) is 5.68. The zero-order valence-electron chi connectivity index (χ0n) is 17.1. The molecule has 0 unspecified atom stereocenters. The maximum absolute atomic E-state index is 14.7. The fraction of sp³-hybridized carbons (Fsp3) is 0.476. The van der Waals surface area contributed by atoms with Gasteiger partial charge in [0.25, 0.3) is 0 Å². The number of alkyl halides is 3. The predicted octanol–water partition coefficient (Wildman–Crippen LogP) is 4.66. The first kappa shape index (κ1) is 21.3. The number of hydrogen-bond donors (Lipinski definition) is 0. The summed E-state index contributed by atoms with van der Waals surface area (Å²) < 4.78 is 60.6. The van der Waals surface area contributed by atoms with Crippen LogP contribution in [-0.2, 0) is 18.4 Å². The van der Waals surface area contributed by atoms with Crippen LogP contribution in [0.1, 0.15) is 32.6 Å². The van der Waals surface area contributed by atoms with Crippen molar-refractivity contribution in [3.8, 4) is 16.9 Å². The molecule has 1 aliphatic rings. The monoisotopic (exact) mass is 438 g/mol. The van der Waals surface area contributed by atoms with Gasteiger partial charge in [0.2, 0.25) is 5.95 Å². The van der Waals surface area contributed by atoms with Gasteiger partial charge in [0.15, 0.2) is 0 Å². The lowest BCUT2D eigenvalue weighted by Crippen LogP contribution is -2.22. The number of aryl methyl sites for hydroxylation is 2. The second kappa shape index (κ2) is 7.97. The number of nitrogens with zero attached hydrogens (tertiary/aromatic N) is 4. The van der Waals surface area contributed by atoms with Crippen LogP contribution in [0.25, 0.3) is 22.0 Å². The molecule has 1 aliphatic carbocycles. The summed E-state index contributed by atoms with van der Waals surface area (Å²) in [5.41, 5.74) is 1.54. The Morgan fingerprint density at radius 1 is 1.29 bits per heavy atom. The standard InChI is InChI=1S/C21H22F4N4O2/c1-12(13-3-4-16(30)7-13)31-18-9-14(8-17-19(18)20(22)28(2)27-17)15-10-26-29(11-15)6-5-21(23,24)25/h8-13H,3-7H2,1-2H3/t12-,13+/m1/s1. The van der Waals surface area contributed by atoms with Crippen molar-refractivity contribution in [1.82, 2.24) is 19.6 Å². The van der Waals surface area contributed by atoms with Crippen molar-refractivity contribution in [3.05, 3.63) is 30.5 Å². The number of aromatic nitrogens is 4. The van der Waals surface area contributed by atoms with E-state index in [4.69, 9.17) is 4.74 Å². The minimum atomic E-state index is -4.27. The number of halogens is 4. The van der Waals surface area contributed by atoms with Gasteiger partial charge in [0.05, 0.1) is 29.6 Å². The van der Waals surface area contributed by atoms with E-state index in [1.165, 1.54) is 24.1 Å². The average Bonchev–Trinajstić information content (AvgIpc) is 3.39. The van der Waals surface area contributed by atoms with Gasteiger partial charge in [-0.2, -0.15) is 27.8 Å². The van der Waals surface area contributed by atoms with Crippen LogP contribution in [0.15, 0.2) is 24.5 Å². The van der Waals surface area contributed by atoms with Crippen molar-refractivity contribution in [2.75, 3.05) is 0 Å². The normalized spacial score (nSPS) is 18.1. The van der Waals surface area contributed by atoms with E-state index in [0.29, 0.717) is 29.5 Å². The molecular formula is C21H22F4N4O2. The Morgan fingerprint density at radius 3 is 2.74 bits per heavy atom. The third-order valence-corrected chi connectivity index (χ3v) is 5.68. The van der Waals surface area contributed by atoms with Crippen molar-refractivity contribution >= 4 is 16.7 Å². The van der Waals surface area contributed by atoms with Crippen molar-refractivity contribution < 1.29 is 27.1 Å². The first-order chi connectivity index (χ1) is 14.6. The molecule has 6 nitrogen and oxygen atoms in total. The van der Waals surface area contributed by atoms with Crippen LogP contribution in [0.2, 0.25) is 0 Å². The number of fused-ring (bicyclic) bond motifs is 1. The molecule has 31 heavy (non-hydrogen) atoms. The van der Waals surface area contributed by atoms with Gasteiger partial charge in [0.1, 0.15) is 11.5 Å². The smallest absolute Gasteiger partial charge is 0.390 e. The number of hydrogen-bond acceptors (Lipinski definition) is 4. The molecule has 0 bridgehead atoms. The topological polar surface area (TPSA) is 61.9 Å². The lowest BCUT2D eigenvalue weighted by atomic mass is 10.0. The molecule has 0 spiro atoms. The Hall–Kier alpha value is -2.91. The van der Waals surface area contributed by atoms with Crippen molar-refractivity contribution in [2.24, 2.45) is 13.0 Å². The molecule has 166 valence electrons. The van der Waals surface area contributed by atoms with Gasteiger partial charge in [-0.25, -0.2) is 4.68 Å². The Bertz CT molecular complexity index is 1120. The summed E-state index contributed by atoms with van der Waals surface area (Å²) >= 11 is 0. The average molecular weight is 438 g/mol. The van der Waals surface area contributed by atoms with E-state index >= 15 is 0 Å². The Morgan fingerprint density at radius 2 is 2.06 bits per heavy atom. The van der Waals surface area contributed by atoms with E-state index in [0.717, 1.165) is 11.1 Å². The molecule has 0 amide bonds. The summed E-state index contributed by atoms with van der Waals surface area (Å²) in [4.78, 5) is 11.6. The largest absolute Gasteiger partial charge is 0.490 e. The molecule has 4 rings (SSSR count). The zero-order valence-corrected chi connectivity index (χ0v) is 17.1. The molecule has 0 N–H and O–H groups in total. The number of carbonyl (C=O) groups is 1. The molecule has 10 heteroatoms. The van der Waals surface area contributed by atoms with E-state index < -0.39 is 18.5 Å². The number of rotatable bonds is 6. The van der Waals surface area contributed by atoms with E-state index in [2.05, 4.69) is 10.2 Å². The third kappa shape index (κ3) is 4.57. The fourth-order valence-electron chi connectivity index (χ4n) is 3.93. The maximum atomic E-state index is 14.7. The van der Waals surface area contributed by atoms with Crippen LogP contribution >= 0.6 is 0 Å². The van der Waals surface area contributed by atoms with E-state index in [9.17, 15) is 22.4 Å². The second-order valence-corrected chi connectivity index (χ2v) is 8.00. The van der Waals surface area contributed by atoms with E-state index in [-0.39, 0.29) is 35.5 Å². The molecule has 0 radical (unpaired) electrons. The van der Waals surface area contributed by atoms with E-state index in [1.54, 1.807) is 12.1 Å². The van der Waals surface area contributed by atoms with Crippen LogP contribution in [0.4, 0.5) is 17.6 Å². The highest BCUT2D eigenvalue weighted by Gasteiger charge is 2.29. The minimum absolute atomic E-state index is 0.0519. The van der Waals surface area contributed by atoms with Gasteiger partial charge in [-0.1, -0.05) is 0 Å². The van der Waals surface area contributed by atoms with Crippen LogP contribution in [-0.4, -0.2) is 37.6 Å². The summed E-state index contributed by atoms with van der Waals surface area (Å²) in [7, 11) is 1.48. The number of ether oxygens (including phenoxy) is 1. The van der Waals surface area contributed by atoms with Crippen molar-refractivity contribution in [1.29, 1.82) is 0 Å². The van der Waals surface area contributed by atoms with Crippen LogP contribution in [0.5, 0.6) is 5.75 Å². The highest BCUT2D eigenvalue weighted by Crippen LogP contribution is 2.36. The van der Waals surface area contributed by atoms with Crippen molar-refractivity contribution in [2.45, 2.75) is 51.4 Å². The summed E-state index contributed by atoms with van der Waals surface area (Å²) in [5.74, 6) is -0.0191. The van der Waals surface area contributed by atoms with Gasteiger partial charge in [-0.15, -0.1) is 0 Å². The summed E-state index contributed by atoms with van der Waals surface area (Å²) in [6.07, 6.45) is -0.907. The van der Waals surface area contributed by atoms with E-state index in [1.807, 2.05) is 6.92 Å². The number of ketones is 1. The molecule has 1 saturated carbocycles. The van der Waals surface area contributed by atoms with Crippen LogP contribution in [0, 0.1) is 11.9 Å². The Kier molecular flexibility index (Phi) is 5.49. The molecule has 0 saturated heterocycles. The van der Waals surface area contributed by atoms with Crippen LogP contribution < -0.4 is 4.74 Å². The zero-order chi connectivity index (χ0) is 22.3. The summed E-state index contributed by atoms with van der Waals surface area (Å²) in [6, 6.07) is 3.30. The molecule has 2 atom stereocenters. The Balaban J connectivity index is 1.66. The molecule has 2 aromatic heterocycles. The molecule has 2 heterocycles. The van der Waals surface area contributed by atoms with Crippen molar-refractivity contribution in [3.63, 3.8) is 0 Å². The number of benzene rings is 1. The Labute approximate surface area is 175 Å². The van der Waals surface area contributed by atoms with Gasteiger partial charge in [-0.3, -0.25) is 9.48 Å².